The van der Waals surface area contributed by atoms with E-state index in [-0.39, 0.29) is 41.3 Å². The zero-order chi connectivity index (χ0) is 22.0. The Bertz CT molecular complexity index is 835. The van der Waals surface area contributed by atoms with Gasteiger partial charge in [-0.2, -0.15) is 5.26 Å². The van der Waals surface area contributed by atoms with Gasteiger partial charge in [0.15, 0.2) is 4.99 Å². The molecule has 5 N–H and O–H groups in total. The van der Waals surface area contributed by atoms with Gasteiger partial charge in [-0.3, -0.25) is 4.79 Å². The van der Waals surface area contributed by atoms with Gasteiger partial charge in [0.25, 0.3) is 0 Å². The van der Waals surface area contributed by atoms with Crippen LogP contribution in [0, 0.1) is 17.2 Å². The highest BCUT2D eigenvalue weighted by molar-refractivity contribution is 7.80. The number of amides is 1. The van der Waals surface area contributed by atoms with Crippen LogP contribution < -0.4 is 16.0 Å². The zero-order valence-electron chi connectivity index (χ0n) is 16.7. The fourth-order valence-electron chi connectivity index (χ4n) is 2.25. The number of aliphatic hydroxyl groups is 2. The fraction of sp³-hybridized carbons (Fsp3) is 0.421. The van der Waals surface area contributed by atoms with Crippen LogP contribution in [-0.4, -0.2) is 47.4 Å². The molecule has 1 rings (SSSR count). The van der Waals surface area contributed by atoms with Crippen molar-refractivity contribution >= 4 is 40.2 Å². The second kappa shape index (κ2) is 11.9. The first-order chi connectivity index (χ1) is 13.7. The molecule has 9 nitrogen and oxygen atoms in total. The summed E-state index contributed by atoms with van der Waals surface area (Å²) in [5.74, 6) is -0.476. The Hall–Kier alpha value is -2.87. The maximum absolute atomic E-state index is 12.2. The Morgan fingerprint density at radius 1 is 1.34 bits per heavy atom. The van der Waals surface area contributed by atoms with E-state index >= 15 is 0 Å². The van der Waals surface area contributed by atoms with E-state index in [1.54, 1.807) is 43.9 Å². The molecule has 0 saturated heterocycles. The van der Waals surface area contributed by atoms with Crippen molar-refractivity contribution < 1.29 is 15.0 Å². The molecule has 0 aromatic heterocycles. The molecule has 29 heavy (non-hydrogen) atoms. The van der Waals surface area contributed by atoms with Gasteiger partial charge in [-0.25, -0.2) is 0 Å². The van der Waals surface area contributed by atoms with Gasteiger partial charge >= 0.3 is 0 Å². The molecule has 1 amide bonds. The minimum Gasteiger partial charge on any atom is -0.401 e. The van der Waals surface area contributed by atoms with E-state index in [1.165, 1.54) is 0 Å². The molecule has 0 bridgehead atoms. The first-order valence-electron chi connectivity index (χ1n) is 8.99. The van der Waals surface area contributed by atoms with Crippen LogP contribution in [0.2, 0.25) is 0 Å². The SMILES string of the molecule is CC(N)=C(C#N)C(=S)N=Nc1ccc(N(CCO)CCO)cc1NC(=O)C(C)C. The van der Waals surface area contributed by atoms with Crippen molar-refractivity contribution in [1.29, 1.82) is 5.26 Å². The Morgan fingerprint density at radius 2 is 1.97 bits per heavy atom. The quantitative estimate of drug-likeness (QED) is 0.208. The largest absolute Gasteiger partial charge is 0.401 e. The lowest BCUT2D eigenvalue weighted by atomic mass is 10.1. The molecule has 1 aromatic rings. The molecule has 0 radical (unpaired) electrons. The van der Waals surface area contributed by atoms with E-state index in [4.69, 9.17) is 23.2 Å². The number of benzene rings is 1. The van der Waals surface area contributed by atoms with Crippen LogP contribution in [0.5, 0.6) is 0 Å². The number of anilines is 2. The highest BCUT2D eigenvalue weighted by Gasteiger charge is 2.14. The molecule has 156 valence electrons. The normalized spacial score (nSPS) is 11.9. The lowest BCUT2D eigenvalue weighted by molar-refractivity contribution is -0.118. The van der Waals surface area contributed by atoms with Gasteiger partial charge in [0.05, 0.1) is 18.9 Å². The molecule has 0 heterocycles. The number of nitriles is 1. The van der Waals surface area contributed by atoms with Crippen LogP contribution in [-0.2, 0) is 4.79 Å². The number of rotatable bonds is 9. The lowest BCUT2D eigenvalue weighted by Gasteiger charge is -2.24. The molecule has 0 unspecified atom stereocenters. The third-order valence-corrected chi connectivity index (χ3v) is 4.12. The summed E-state index contributed by atoms with van der Waals surface area (Å²) in [5.41, 5.74) is 7.33. The Balaban J connectivity index is 3.33. The maximum Gasteiger partial charge on any atom is 0.226 e. The predicted molar refractivity (Wildman–Crippen MR) is 116 cm³/mol. The lowest BCUT2D eigenvalue weighted by Crippen LogP contribution is -2.29. The highest BCUT2D eigenvalue weighted by atomic mass is 32.1. The second-order valence-electron chi connectivity index (χ2n) is 6.45. The van der Waals surface area contributed by atoms with Crippen molar-refractivity contribution in [3.63, 3.8) is 0 Å². The van der Waals surface area contributed by atoms with Gasteiger partial charge in [-0.1, -0.05) is 26.1 Å². The van der Waals surface area contributed by atoms with E-state index in [9.17, 15) is 15.0 Å². The van der Waals surface area contributed by atoms with Crippen molar-refractivity contribution in [2.24, 2.45) is 21.9 Å². The number of carbonyl (C=O) groups is 1. The molecule has 0 aliphatic carbocycles. The molecular formula is C19H26N6O3S. The minimum absolute atomic E-state index is 0.0556. The van der Waals surface area contributed by atoms with Gasteiger partial charge in [0.1, 0.15) is 17.3 Å². The van der Waals surface area contributed by atoms with Crippen molar-refractivity contribution in [2.45, 2.75) is 20.8 Å². The number of thiocarbonyl (C=S) groups is 1. The molecule has 0 atom stereocenters. The smallest absolute Gasteiger partial charge is 0.226 e. The molecule has 0 aliphatic heterocycles. The zero-order valence-corrected chi connectivity index (χ0v) is 17.5. The van der Waals surface area contributed by atoms with Gasteiger partial charge in [0, 0.05) is 30.4 Å². The monoisotopic (exact) mass is 418 g/mol. The Morgan fingerprint density at radius 3 is 2.45 bits per heavy atom. The number of carbonyl (C=O) groups excluding carboxylic acids is 1. The summed E-state index contributed by atoms with van der Waals surface area (Å²) in [6.07, 6.45) is 0. The first-order valence-corrected chi connectivity index (χ1v) is 9.40. The van der Waals surface area contributed by atoms with Gasteiger partial charge in [-0.05, 0) is 25.1 Å². The van der Waals surface area contributed by atoms with Crippen molar-refractivity contribution in [3.8, 4) is 6.07 Å². The molecule has 0 aliphatic rings. The average Bonchev–Trinajstić information content (AvgIpc) is 2.66. The summed E-state index contributed by atoms with van der Waals surface area (Å²) in [5, 5.41) is 38.4. The van der Waals surface area contributed by atoms with Crippen molar-refractivity contribution in [1.82, 2.24) is 0 Å². The average molecular weight is 419 g/mol. The number of allylic oxidation sites excluding steroid dienone is 1. The van der Waals surface area contributed by atoms with Crippen LogP contribution in [0.3, 0.4) is 0 Å². The van der Waals surface area contributed by atoms with E-state index in [0.29, 0.717) is 30.2 Å². The molecule has 1 aromatic carbocycles. The van der Waals surface area contributed by atoms with E-state index in [0.717, 1.165) is 0 Å². The Kier molecular flexibility index (Phi) is 9.88. The molecule has 0 saturated carbocycles. The Labute approximate surface area is 175 Å². The van der Waals surface area contributed by atoms with Crippen LogP contribution >= 0.6 is 12.2 Å². The standard InChI is InChI=1S/C19H26N6O3S/c1-12(2)18(28)22-17-10-14(25(6-8-26)7-9-27)4-5-16(17)23-24-19(29)15(11-20)13(3)21/h4-5,10,12,26-27H,6-9,21H2,1-3H3,(H,22,28). The number of aliphatic hydroxyl groups excluding tert-OH is 2. The molecule has 0 fully saturated rings. The minimum atomic E-state index is -0.261. The number of hydrogen-bond donors (Lipinski definition) is 4. The van der Waals surface area contributed by atoms with E-state index in [2.05, 4.69) is 15.5 Å². The third kappa shape index (κ3) is 7.23. The third-order valence-electron chi connectivity index (χ3n) is 3.84. The van der Waals surface area contributed by atoms with Crippen LogP contribution in [0.1, 0.15) is 20.8 Å². The molecule has 10 heteroatoms. The number of hydrogen-bond acceptors (Lipinski definition) is 8. The van der Waals surface area contributed by atoms with Crippen molar-refractivity contribution in [3.05, 3.63) is 29.5 Å². The number of nitrogens with zero attached hydrogens (tertiary/aromatic N) is 4. The van der Waals surface area contributed by atoms with Crippen molar-refractivity contribution in [2.75, 3.05) is 36.5 Å². The number of azo groups is 1. The summed E-state index contributed by atoms with van der Waals surface area (Å²) < 4.78 is 0. The second-order valence-corrected chi connectivity index (χ2v) is 6.84. The summed E-state index contributed by atoms with van der Waals surface area (Å²) in [6.45, 7) is 5.50. The van der Waals surface area contributed by atoms with Gasteiger partial charge < -0.3 is 26.2 Å². The summed E-state index contributed by atoms with van der Waals surface area (Å²) >= 11 is 5.09. The van der Waals surface area contributed by atoms with E-state index < -0.39 is 0 Å². The summed E-state index contributed by atoms with van der Waals surface area (Å²) in [7, 11) is 0. The molecular weight excluding hydrogens is 392 g/mol. The van der Waals surface area contributed by atoms with E-state index in [1.807, 2.05) is 6.07 Å². The first kappa shape index (κ1) is 24.2. The number of nitrogens with two attached hydrogens (primary N) is 1. The van der Waals surface area contributed by atoms with Crippen LogP contribution in [0.25, 0.3) is 0 Å². The highest BCUT2D eigenvalue weighted by Crippen LogP contribution is 2.31. The van der Waals surface area contributed by atoms with Gasteiger partial charge in [0.2, 0.25) is 5.91 Å². The molecule has 0 spiro atoms. The topological polar surface area (TPSA) is 147 Å². The van der Waals surface area contributed by atoms with Crippen LogP contribution in [0.15, 0.2) is 39.7 Å². The van der Waals surface area contributed by atoms with Gasteiger partial charge in [-0.15, -0.1) is 10.2 Å². The number of nitrogens with one attached hydrogen (secondary N) is 1. The summed E-state index contributed by atoms with van der Waals surface area (Å²) in [4.78, 5) is 13.9. The van der Waals surface area contributed by atoms with Crippen LogP contribution in [0.4, 0.5) is 17.1 Å². The maximum atomic E-state index is 12.2. The summed E-state index contributed by atoms with van der Waals surface area (Å²) in [6, 6.07) is 6.92. The fourth-order valence-corrected chi connectivity index (χ4v) is 2.50. The predicted octanol–water partition coefficient (Wildman–Crippen LogP) is 2.24.